The maximum Gasteiger partial charge on any atom is 0.272 e. The molecule has 1 N–H and O–H groups in total. The lowest BCUT2D eigenvalue weighted by Crippen LogP contribution is -2.50. The van der Waals surface area contributed by atoms with Crippen molar-refractivity contribution in [1.29, 1.82) is 0 Å². The number of hydrogen-bond donors (Lipinski definition) is 1. The lowest BCUT2D eigenvalue weighted by Gasteiger charge is -2.33. The summed E-state index contributed by atoms with van der Waals surface area (Å²) in [6.45, 7) is 4.26. The number of aromatic nitrogens is 2. The van der Waals surface area contributed by atoms with E-state index in [-0.39, 0.29) is 34.4 Å². The van der Waals surface area contributed by atoms with Crippen LogP contribution in [0.2, 0.25) is 0 Å². The number of rotatable bonds is 4. The molecule has 1 aromatic heterocycles. The normalized spacial score (nSPS) is 16.5. The van der Waals surface area contributed by atoms with Gasteiger partial charge in [0.1, 0.15) is 0 Å². The Kier molecular flexibility index (Phi) is 5.08. The summed E-state index contributed by atoms with van der Waals surface area (Å²) in [6.07, 6.45) is 0.406. The molecule has 122 valence electrons. The molecule has 0 aromatic carbocycles. The zero-order valence-corrected chi connectivity index (χ0v) is 13.9. The van der Waals surface area contributed by atoms with Crippen molar-refractivity contribution < 1.29 is 18.0 Å². The van der Waals surface area contributed by atoms with Crippen LogP contribution in [0.4, 0.5) is 5.13 Å². The molecule has 9 nitrogen and oxygen atoms in total. The van der Waals surface area contributed by atoms with E-state index >= 15 is 0 Å². The predicted molar refractivity (Wildman–Crippen MR) is 79.8 cm³/mol. The van der Waals surface area contributed by atoms with E-state index in [1.807, 2.05) is 0 Å². The minimum Gasteiger partial charge on any atom is -0.340 e. The molecule has 22 heavy (non-hydrogen) atoms. The third kappa shape index (κ3) is 3.59. The van der Waals surface area contributed by atoms with Crippen molar-refractivity contribution in [3.63, 3.8) is 0 Å². The van der Waals surface area contributed by atoms with Crippen LogP contribution in [0.15, 0.2) is 4.34 Å². The van der Waals surface area contributed by atoms with E-state index in [0.29, 0.717) is 19.5 Å². The van der Waals surface area contributed by atoms with Crippen molar-refractivity contribution in [2.24, 2.45) is 0 Å². The molecule has 0 atom stereocenters. The number of nitrogens with one attached hydrogen (secondary N) is 1. The largest absolute Gasteiger partial charge is 0.340 e. The maximum atomic E-state index is 12.5. The second-order valence-corrected chi connectivity index (χ2v) is 7.78. The highest BCUT2D eigenvalue weighted by molar-refractivity contribution is 7.91. The number of piperazine rings is 1. The Morgan fingerprint density at radius 1 is 1.23 bits per heavy atom. The molecule has 0 spiro atoms. The topological polar surface area (TPSA) is 113 Å². The zero-order valence-electron chi connectivity index (χ0n) is 12.3. The molecule has 2 heterocycles. The first kappa shape index (κ1) is 16.8. The highest BCUT2D eigenvalue weighted by atomic mass is 32.2. The van der Waals surface area contributed by atoms with Gasteiger partial charge in [0.2, 0.25) is 21.3 Å². The number of carbonyl (C=O) groups excluding carboxylic acids is 2. The van der Waals surface area contributed by atoms with Crippen molar-refractivity contribution >= 4 is 38.3 Å². The smallest absolute Gasteiger partial charge is 0.272 e. The van der Waals surface area contributed by atoms with Gasteiger partial charge in [-0.1, -0.05) is 18.3 Å². The van der Waals surface area contributed by atoms with Gasteiger partial charge in [0.15, 0.2) is 0 Å². The summed E-state index contributed by atoms with van der Waals surface area (Å²) >= 11 is 0.809. The average Bonchev–Trinajstić information content (AvgIpc) is 2.95. The van der Waals surface area contributed by atoms with Crippen molar-refractivity contribution in [1.82, 2.24) is 19.4 Å². The summed E-state index contributed by atoms with van der Waals surface area (Å²) in [7, 11) is -3.74. The number of sulfonamides is 1. The molecule has 2 rings (SSSR count). The molecule has 1 aliphatic rings. The summed E-state index contributed by atoms with van der Waals surface area (Å²) in [5, 5.41) is 9.81. The van der Waals surface area contributed by atoms with Gasteiger partial charge in [0, 0.05) is 39.5 Å². The van der Waals surface area contributed by atoms with Gasteiger partial charge in [-0.15, -0.1) is 10.2 Å². The van der Waals surface area contributed by atoms with Crippen LogP contribution in [0.5, 0.6) is 0 Å². The van der Waals surface area contributed by atoms with E-state index in [9.17, 15) is 18.0 Å². The Morgan fingerprint density at radius 3 is 2.41 bits per heavy atom. The molecule has 1 saturated heterocycles. The predicted octanol–water partition coefficient (Wildman–Crippen LogP) is -0.261. The first-order chi connectivity index (χ1) is 10.3. The SMILES string of the molecule is CCC(=O)N1CCN(S(=O)(=O)c2nnc(NC(C)=O)s2)CC1. The summed E-state index contributed by atoms with van der Waals surface area (Å²) in [5.74, 6) is -0.326. The van der Waals surface area contributed by atoms with Crippen LogP contribution in [0.3, 0.4) is 0 Å². The molecule has 1 fully saturated rings. The molecular formula is C11H17N5O4S2. The molecule has 1 aromatic rings. The molecule has 0 bridgehead atoms. The van der Waals surface area contributed by atoms with Crippen molar-refractivity contribution in [2.45, 2.75) is 24.6 Å². The maximum absolute atomic E-state index is 12.5. The number of amides is 2. The van der Waals surface area contributed by atoms with Gasteiger partial charge < -0.3 is 10.2 Å². The third-order valence-corrected chi connectivity index (χ3v) is 6.23. The van der Waals surface area contributed by atoms with Gasteiger partial charge in [-0.05, 0) is 0 Å². The molecule has 0 unspecified atom stereocenters. The first-order valence-electron chi connectivity index (χ1n) is 6.73. The summed E-state index contributed by atoms with van der Waals surface area (Å²) in [4.78, 5) is 24.2. The monoisotopic (exact) mass is 347 g/mol. The molecule has 0 aliphatic carbocycles. The van der Waals surface area contributed by atoms with E-state index < -0.39 is 10.0 Å². The van der Waals surface area contributed by atoms with E-state index in [1.54, 1.807) is 11.8 Å². The molecular weight excluding hydrogens is 330 g/mol. The lowest BCUT2D eigenvalue weighted by molar-refractivity contribution is -0.132. The Hall–Kier alpha value is -1.59. The van der Waals surface area contributed by atoms with Crippen molar-refractivity contribution in [3.8, 4) is 0 Å². The number of hydrogen-bond acceptors (Lipinski definition) is 7. The van der Waals surface area contributed by atoms with Gasteiger partial charge in [0.25, 0.3) is 10.0 Å². The number of nitrogens with zero attached hydrogens (tertiary/aromatic N) is 4. The fourth-order valence-corrected chi connectivity index (χ4v) is 4.53. The molecule has 1 aliphatic heterocycles. The second-order valence-electron chi connectivity index (χ2n) is 4.69. The van der Waals surface area contributed by atoms with E-state index in [0.717, 1.165) is 11.3 Å². The van der Waals surface area contributed by atoms with Crippen LogP contribution in [0.1, 0.15) is 20.3 Å². The number of anilines is 1. The second kappa shape index (κ2) is 6.67. The van der Waals surface area contributed by atoms with Crippen LogP contribution in [0, 0.1) is 0 Å². The fraction of sp³-hybridized carbons (Fsp3) is 0.636. The summed E-state index contributed by atoms with van der Waals surface area (Å²) < 4.78 is 26.0. The highest BCUT2D eigenvalue weighted by Gasteiger charge is 2.32. The van der Waals surface area contributed by atoms with Gasteiger partial charge in [-0.2, -0.15) is 4.31 Å². The Bertz CT molecular complexity index is 664. The zero-order chi connectivity index (χ0) is 16.3. The fourth-order valence-electron chi connectivity index (χ4n) is 2.03. The Labute approximate surface area is 132 Å². The lowest BCUT2D eigenvalue weighted by atomic mass is 10.3. The molecule has 2 amide bonds. The van der Waals surface area contributed by atoms with E-state index in [4.69, 9.17) is 0 Å². The highest BCUT2D eigenvalue weighted by Crippen LogP contribution is 2.24. The summed E-state index contributed by atoms with van der Waals surface area (Å²) in [6, 6.07) is 0. The van der Waals surface area contributed by atoms with Crippen LogP contribution < -0.4 is 5.32 Å². The Morgan fingerprint density at radius 2 is 1.86 bits per heavy atom. The summed E-state index contributed by atoms with van der Waals surface area (Å²) in [5.41, 5.74) is 0. The van der Waals surface area contributed by atoms with Crippen LogP contribution >= 0.6 is 11.3 Å². The molecule has 0 radical (unpaired) electrons. The first-order valence-corrected chi connectivity index (χ1v) is 8.99. The van der Waals surface area contributed by atoms with Gasteiger partial charge >= 0.3 is 0 Å². The van der Waals surface area contributed by atoms with E-state index in [1.165, 1.54) is 11.2 Å². The van der Waals surface area contributed by atoms with Crippen LogP contribution in [-0.2, 0) is 19.6 Å². The molecule has 11 heteroatoms. The average molecular weight is 347 g/mol. The van der Waals surface area contributed by atoms with Gasteiger partial charge in [-0.25, -0.2) is 8.42 Å². The Balaban J connectivity index is 2.07. The standard InChI is InChI=1S/C11H17N5O4S2/c1-3-9(18)15-4-6-16(7-5-15)22(19,20)11-14-13-10(21-11)12-8(2)17/h3-7H2,1-2H3,(H,12,13,17). The van der Waals surface area contributed by atoms with Crippen LogP contribution in [-0.4, -0.2) is 65.8 Å². The van der Waals surface area contributed by atoms with Gasteiger partial charge in [0.05, 0.1) is 0 Å². The van der Waals surface area contributed by atoms with Crippen molar-refractivity contribution in [2.75, 3.05) is 31.5 Å². The third-order valence-electron chi connectivity index (χ3n) is 3.14. The quantitative estimate of drug-likeness (QED) is 0.751. The van der Waals surface area contributed by atoms with Crippen molar-refractivity contribution in [3.05, 3.63) is 0 Å². The number of carbonyl (C=O) groups is 2. The minimum absolute atomic E-state index is 0.0147. The van der Waals surface area contributed by atoms with Crippen LogP contribution in [0.25, 0.3) is 0 Å². The molecule has 0 saturated carbocycles. The van der Waals surface area contributed by atoms with E-state index in [2.05, 4.69) is 15.5 Å². The van der Waals surface area contributed by atoms with Gasteiger partial charge in [-0.3, -0.25) is 9.59 Å². The minimum atomic E-state index is -3.74.